The molecule has 0 saturated heterocycles. The molecule has 0 saturated carbocycles. The third-order valence-corrected chi connectivity index (χ3v) is 2.13. The normalized spacial score (nSPS) is 12.8. The Balaban J connectivity index is 2.93. The predicted octanol–water partition coefficient (Wildman–Crippen LogP) is 1.42. The van der Waals surface area contributed by atoms with Gasteiger partial charge >= 0.3 is 0 Å². The van der Waals surface area contributed by atoms with Gasteiger partial charge in [-0.25, -0.2) is 4.98 Å². The molecule has 1 aromatic rings. The molecule has 0 aliphatic heterocycles. The Bertz CT molecular complexity index is 321. The van der Waals surface area contributed by atoms with Gasteiger partial charge in [-0.2, -0.15) is 5.26 Å². The van der Waals surface area contributed by atoms with E-state index in [4.69, 9.17) is 5.26 Å². The van der Waals surface area contributed by atoms with E-state index in [0.717, 1.165) is 18.7 Å². The van der Waals surface area contributed by atoms with Gasteiger partial charge in [0.15, 0.2) is 0 Å². The van der Waals surface area contributed by atoms with E-state index in [2.05, 4.69) is 18.0 Å². The van der Waals surface area contributed by atoms with Crippen LogP contribution in [-0.4, -0.2) is 28.5 Å². The summed E-state index contributed by atoms with van der Waals surface area (Å²) in [7, 11) is 3.80. The smallest absolute Gasteiger partial charge is 0.140 e. The van der Waals surface area contributed by atoms with Crippen LogP contribution in [-0.2, 0) is 6.54 Å². The highest BCUT2D eigenvalue weighted by Crippen LogP contribution is 2.16. The second-order valence-corrected chi connectivity index (χ2v) is 3.51. The van der Waals surface area contributed by atoms with E-state index in [1.165, 1.54) is 0 Å². The summed E-state index contributed by atoms with van der Waals surface area (Å²) >= 11 is 0. The average Bonchev–Trinajstić information content (AvgIpc) is 2.55. The molecule has 14 heavy (non-hydrogen) atoms. The first-order chi connectivity index (χ1) is 6.70. The fourth-order valence-corrected chi connectivity index (χ4v) is 1.43. The molecule has 0 spiro atoms. The molecular weight excluding hydrogens is 176 g/mol. The van der Waals surface area contributed by atoms with Crippen LogP contribution in [0.15, 0.2) is 12.5 Å². The third-order valence-electron chi connectivity index (χ3n) is 2.13. The molecule has 0 radical (unpaired) electrons. The number of imidazole rings is 1. The second kappa shape index (κ2) is 4.77. The third kappa shape index (κ3) is 2.12. The summed E-state index contributed by atoms with van der Waals surface area (Å²) in [6.07, 6.45) is 4.60. The molecule has 0 aromatic carbocycles. The molecule has 0 aliphatic rings. The Kier molecular flexibility index (Phi) is 3.66. The van der Waals surface area contributed by atoms with Gasteiger partial charge in [-0.1, -0.05) is 6.92 Å². The van der Waals surface area contributed by atoms with E-state index in [0.29, 0.717) is 0 Å². The zero-order valence-corrected chi connectivity index (χ0v) is 8.94. The summed E-state index contributed by atoms with van der Waals surface area (Å²) in [6.45, 7) is 3.03. The van der Waals surface area contributed by atoms with E-state index in [9.17, 15) is 0 Å². The molecule has 1 atom stereocenters. The van der Waals surface area contributed by atoms with Gasteiger partial charge in [0.05, 0.1) is 24.3 Å². The average molecular weight is 192 g/mol. The summed E-state index contributed by atoms with van der Waals surface area (Å²) < 4.78 is 2.04. The molecule has 0 fully saturated rings. The zero-order chi connectivity index (χ0) is 10.6. The van der Waals surface area contributed by atoms with Crippen LogP contribution in [0.3, 0.4) is 0 Å². The topological polar surface area (TPSA) is 44.9 Å². The van der Waals surface area contributed by atoms with Gasteiger partial charge in [0.1, 0.15) is 6.04 Å². The molecule has 1 aromatic heterocycles. The lowest BCUT2D eigenvalue weighted by Crippen LogP contribution is -2.21. The molecule has 1 heterocycles. The standard InChI is InChI=1S/C10H16N4/c1-4-5-14-8-12-7-10(14)9(6-11)13(2)3/h7-9H,4-5H2,1-3H3. The number of hydrogen-bond donors (Lipinski definition) is 0. The van der Waals surface area contributed by atoms with Crippen LogP contribution < -0.4 is 0 Å². The van der Waals surface area contributed by atoms with E-state index >= 15 is 0 Å². The Morgan fingerprint density at radius 3 is 2.86 bits per heavy atom. The maximum absolute atomic E-state index is 9.03. The first kappa shape index (κ1) is 10.7. The highest BCUT2D eigenvalue weighted by atomic mass is 15.1. The van der Waals surface area contributed by atoms with Gasteiger partial charge < -0.3 is 4.57 Å². The molecule has 1 rings (SSSR count). The fraction of sp³-hybridized carbons (Fsp3) is 0.600. The molecular formula is C10H16N4. The highest BCUT2D eigenvalue weighted by Gasteiger charge is 2.16. The molecule has 4 nitrogen and oxygen atoms in total. The van der Waals surface area contributed by atoms with E-state index < -0.39 is 0 Å². The van der Waals surface area contributed by atoms with Gasteiger partial charge in [-0.3, -0.25) is 4.90 Å². The maximum atomic E-state index is 9.03. The number of nitrogens with zero attached hydrogens (tertiary/aromatic N) is 4. The lowest BCUT2D eigenvalue weighted by Gasteiger charge is -2.18. The minimum Gasteiger partial charge on any atom is -0.332 e. The van der Waals surface area contributed by atoms with Gasteiger partial charge in [0.25, 0.3) is 0 Å². The molecule has 76 valence electrons. The largest absolute Gasteiger partial charge is 0.332 e. The molecule has 1 unspecified atom stereocenters. The van der Waals surface area contributed by atoms with Crippen molar-refractivity contribution in [3.63, 3.8) is 0 Å². The van der Waals surface area contributed by atoms with Crippen molar-refractivity contribution in [2.45, 2.75) is 25.9 Å². The van der Waals surface area contributed by atoms with Gasteiger partial charge in [-0.15, -0.1) is 0 Å². The van der Waals surface area contributed by atoms with Crippen LogP contribution in [0.25, 0.3) is 0 Å². The Morgan fingerprint density at radius 1 is 1.64 bits per heavy atom. The van der Waals surface area contributed by atoms with Crippen LogP contribution in [0.4, 0.5) is 0 Å². The number of aromatic nitrogens is 2. The number of rotatable bonds is 4. The first-order valence-corrected chi connectivity index (χ1v) is 4.76. The lowest BCUT2D eigenvalue weighted by atomic mass is 10.2. The fourth-order valence-electron chi connectivity index (χ4n) is 1.43. The van der Waals surface area contributed by atoms with Crippen LogP contribution >= 0.6 is 0 Å². The number of aryl methyl sites for hydroxylation is 1. The molecule has 4 heteroatoms. The Hall–Kier alpha value is -1.34. The van der Waals surface area contributed by atoms with Gasteiger partial charge in [-0.05, 0) is 20.5 Å². The van der Waals surface area contributed by atoms with Gasteiger partial charge in [0.2, 0.25) is 0 Å². The quantitative estimate of drug-likeness (QED) is 0.724. The van der Waals surface area contributed by atoms with Crippen LogP contribution in [0.2, 0.25) is 0 Å². The Labute approximate surface area is 84.8 Å². The molecule has 0 bridgehead atoms. The molecule has 0 N–H and O–H groups in total. The van der Waals surface area contributed by atoms with Crippen LogP contribution in [0.5, 0.6) is 0 Å². The van der Waals surface area contributed by atoms with Crippen molar-refractivity contribution in [3.8, 4) is 6.07 Å². The van der Waals surface area contributed by atoms with Crippen molar-refractivity contribution in [1.82, 2.24) is 14.5 Å². The van der Waals surface area contributed by atoms with Crippen molar-refractivity contribution >= 4 is 0 Å². The highest BCUT2D eigenvalue weighted by molar-refractivity contribution is 5.13. The minimum atomic E-state index is -0.205. The van der Waals surface area contributed by atoms with Gasteiger partial charge in [0, 0.05) is 6.54 Å². The second-order valence-electron chi connectivity index (χ2n) is 3.51. The monoisotopic (exact) mass is 192 g/mol. The van der Waals surface area contributed by atoms with Crippen molar-refractivity contribution in [1.29, 1.82) is 5.26 Å². The summed E-state index contributed by atoms with van der Waals surface area (Å²) in [5, 5.41) is 9.03. The lowest BCUT2D eigenvalue weighted by molar-refractivity contribution is 0.343. The Morgan fingerprint density at radius 2 is 2.36 bits per heavy atom. The molecule has 0 amide bonds. The summed E-state index contributed by atoms with van der Waals surface area (Å²) in [5.74, 6) is 0. The number of hydrogen-bond acceptors (Lipinski definition) is 3. The van der Waals surface area contributed by atoms with E-state index in [-0.39, 0.29) is 6.04 Å². The van der Waals surface area contributed by atoms with Crippen molar-refractivity contribution < 1.29 is 0 Å². The summed E-state index contributed by atoms with van der Waals surface area (Å²) in [5.41, 5.74) is 0.972. The van der Waals surface area contributed by atoms with Crippen molar-refractivity contribution in [3.05, 3.63) is 18.2 Å². The zero-order valence-electron chi connectivity index (χ0n) is 8.94. The maximum Gasteiger partial charge on any atom is 0.140 e. The van der Waals surface area contributed by atoms with E-state index in [1.54, 1.807) is 12.5 Å². The predicted molar refractivity (Wildman–Crippen MR) is 54.6 cm³/mol. The first-order valence-electron chi connectivity index (χ1n) is 4.76. The van der Waals surface area contributed by atoms with Crippen LogP contribution in [0, 0.1) is 11.3 Å². The summed E-state index contributed by atoms with van der Waals surface area (Å²) in [4.78, 5) is 5.97. The van der Waals surface area contributed by atoms with Crippen molar-refractivity contribution in [2.24, 2.45) is 0 Å². The van der Waals surface area contributed by atoms with Crippen LogP contribution in [0.1, 0.15) is 25.1 Å². The van der Waals surface area contributed by atoms with Crippen molar-refractivity contribution in [2.75, 3.05) is 14.1 Å². The summed E-state index contributed by atoms with van der Waals surface area (Å²) in [6, 6.07) is 2.06. The van der Waals surface area contributed by atoms with E-state index in [1.807, 2.05) is 23.6 Å². The molecule has 0 aliphatic carbocycles. The minimum absolute atomic E-state index is 0.205. The SMILES string of the molecule is CCCn1cncc1C(C#N)N(C)C. The number of nitriles is 1.